The molecule has 2 aliphatic heterocycles. The number of hydrogen-bond acceptors (Lipinski definition) is 3. The van der Waals surface area contributed by atoms with Crippen molar-refractivity contribution < 1.29 is 9.59 Å². The van der Waals surface area contributed by atoms with Gasteiger partial charge in [-0.1, -0.05) is 11.6 Å². The van der Waals surface area contributed by atoms with Crippen molar-refractivity contribution in [1.82, 2.24) is 9.80 Å². The molecule has 1 aromatic rings. The number of amides is 1. The van der Waals surface area contributed by atoms with Gasteiger partial charge in [-0.15, -0.1) is 0 Å². The van der Waals surface area contributed by atoms with E-state index in [-0.39, 0.29) is 23.7 Å². The molecule has 1 amide bonds. The lowest BCUT2D eigenvalue weighted by molar-refractivity contribution is -0.136. The third-order valence-electron chi connectivity index (χ3n) is 5.95. The summed E-state index contributed by atoms with van der Waals surface area (Å²) in [5.41, 5.74) is 1.50. The van der Waals surface area contributed by atoms with E-state index in [1.54, 1.807) is 12.1 Å². The van der Waals surface area contributed by atoms with Crippen LogP contribution in [0, 0.1) is 0 Å². The molecule has 5 heteroatoms. The maximum atomic E-state index is 13.3. The van der Waals surface area contributed by atoms with Crippen LogP contribution >= 0.6 is 11.6 Å². The highest BCUT2D eigenvalue weighted by Crippen LogP contribution is 2.37. The van der Waals surface area contributed by atoms with Crippen LogP contribution in [0.15, 0.2) is 18.2 Å². The van der Waals surface area contributed by atoms with E-state index in [0.29, 0.717) is 17.0 Å². The molecule has 0 N–H and O–H groups in total. The molecule has 2 atom stereocenters. The largest absolute Gasteiger partial charge is 0.338 e. The topological polar surface area (TPSA) is 40.6 Å². The molecule has 2 unspecified atom stereocenters. The van der Waals surface area contributed by atoms with E-state index in [4.69, 9.17) is 11.6 Å². The van der Waals surface area contributed by atoms with Crippen molar-refractivity contribution in [1.29, 1.82) is 0 Å². The number of fused-ring (bicyclic) bond motifs is 1. The second-order valence-electron chi connectivity index (χ2n) is 7.60. The molecule has 0 spiro atoms. The van der Waals surface area contributed by atoms with Gasteiger partial charge in [0.1, 0.15) is 0 Å². The quantitative estimate of drug-likeness (QED) is 0.828. The third-order valence-corrected chi connectivity index (χ3v) is 6.19. The number of carbonyl (C=O) groups excluding carboxylic acids is 2. The van der Waals surface area contributed by atoms with Gasteiger partial charge < -0.3 is 9.80 Å². The number of nitrogens with zero attached hydrogens (tertiary/aromatic N) is 2. The Bertz CT molecular complexity index is 684. The molecule has 0 saturated carbocycles. The SMILES string of the molecule is O=C1CC(C(=O)N2CCCCC2CN2CCCC2)c2cc(Cl)ccc21. The zero-order valence-corrected chi connectivity index (χ0v) is 15.3. The van der Waals surface area contributed by atoms with Crippen LogP contribution in [0.25, 0.3) is 0 Å². The monoisotopic (exact) mass is 360 g/mol. The number of piperidine rings is 1. The molecular weight excluding hydrogens is 336 g/mol. The van der Waals surface area contributed by atoms with E-state index < -0.39 is 0 Å². The first kappa shape index (κ1) is 17.0. The van der Waals surface area contributed by atoms with Crippen LogP contribution in [-0.4, -0.2) is 53.7 Å². The van der Waals surface area contributed by atoms with Crippen molar-refractivity contribution in [3.05, 3.63) is 34.3 Å². The van der Waals surface area contributed by atoms with E-state index in [1.165, 1.54) is 19.3 Å². The van der Waals surface area contributed by atoms with Crippen LogP contribution in [0.4, 0.5) is 0 Å². The fourth-order valence-corrected chi connectivity index (χ4v) is 4.83. The predicted molar refractivity (Wildman–Crippen MR) is 98.2 cm³/mol. The van der Waals surface area contributed by atoms with Gasteiger partial charge >= 0.3 is 0 Å². The standard InChI is InChI=1S/C20H25ClN2O2/c21-14-6-7-16-17(11-14)18(12-19(16)24)20(25)23-10-2-1-5-15(23)13-22-8-3-4-9-22/h6-7,11,15,18H,1-5,8-10,12-13H2. The van der Waals surface area contributed by atoms with Crippen molar-refractivity contribution in [3.8, 4) is 0 Å². The molecule has 4 nitrogen and oxygen atoms in total. The van der Waals surface area contributed by atoms with Crippen molar-refractivity contribution in [3.63, 3.8) is 0 Å². The molecular formula is C20H25ClN2O2. The Labute approximate surface area is 154 Å². The van der Waals surface area contributed by atoms with Gasteiger partial charge in [-0.25, -0.2) is 0 Å². The van der Waals surface area contributed by atoms with Crippen LogP contribution in [0.3, 0.4) is 0 Å². The fraction of sp³-hybridized carbons (Fsp3) is 0.600. The molecule has 1 aliphatic carbocycles. The Morgan fingerprint density at radius 2 is 1.88 bits per heavy atom. The third kappa shape index (κ3) is 3.34. The number of benzene rings is 1. The Hall–Kier alpha value is -1.39. The molecule has 134 valence electrons. The van der Waals surface area contributed by atoms with Gasteiger partial charge in [-0.3, -0.25) is 9.59 Å². The molecule has 2 saturated heterocycles. The maximum Gasteiger partial charge on any atom is 0.230 e. The first-order valence-electron chi connectivity index (χ1n) is 9.49. The maximum absolute atomic E-state index is 13.3. The number of hydrogen-bond donors (Lipinski definition) is 0. The summed E-state index contributed by atoms with van der Waals surface area (Å²) in [6.45, 7) is 4.10. The Balaban J connectivity index is 1.55. The fourth-order valence-electron chi connectivity index (χ4n) is 4.65. The minimum atomic E-state index is -0.347. The van der Waals surface area contributed by atoms with E-state index in [1.807, 2.05) is 6.07 Å². The van der Waals surface area contributed by atoms with Crippen molar-refractivity contribution in [2.24, 2.45) is 0 Å². The summed E-state index contributed by atoms with van der Waals surface area (Å²) in [5, 5.41) is 0.596. The van der Waals surface area contributed by atoms with E-state index >= 15 is 0 Å². The van der Waals surface area contributed by atoms with Crippen molar-refractivity contribution >= 4 is 23.3 Å². The summed E-state index contributed by atoms with van der Waals surface area (Å²) in [6, 6.07) is 5.61. The Morgan fingerprint density at radius 3 is 2.68 bits per heavy atom. The zero-order valence-electron chi connectivity index (χ0n) is 14.5. The summed E-state index contributed by atoms with van der Waals surface area (Å²) in [4.78, 5) is 30.2. The normalized spacial score (nSPS) is 26.9. The number of ketones is 1. The van der Waals surface area contributed by atoms with Crippen molar-refractivity contribution in [2.75, 3.05) is 26.2 Å². The molecule has 25 heavy (non-hydrogen) atoms. The van der Waals surface area contributed by atoms with Gasteiger partial charge in [0, 0.05) is 36.1 Å². The summed E-state index contributed by atoms with van der Waals surface area (Å²) >= 11 is 6.13. The van der Waals surface area contributed by atoms with Gasteiger partial charge in [-0.2, -0.15) is 0 Å². The molecule has 2 heterocycles. The second kappa shape index (κ2) is 7.08. The summed E-state index contributed by atoms with van der Waals surface area (Å²) in [7, 11) is 0. The molecule has 0 radical (unpaired) electrons. The average Bonchev–Trinajstić information content (AvgIpc) is 3.23. The van der Waals surface area contributed by atoms with Crippen LogP contribution in [-0.2, 0) is 4.79 Å². The lowest BCUT2D eigenvalue weighted by Crippen LogP contribution is -2.50. The lowest BCUT2D eigenvalue weighted by Gasteiger charge is -2.39. The number of Topliss-reactive ketones (excluding diaryl/α,β-unsaturated/α-hetero) is 1. The first-order chi connectivity index (χ1) is 12.1. The van der Waals surface area contributed by atoms with Crippen LogP contribution < -0.4 is 0 Å². The summed E-state index contributed by atoms with van der Waals surface area (Å²) < 4.78 is 0. The van der Waals surface area contributed by atoms with Crippen molar-refractivity contribution in [2.45, 2.75) is 50.5 Å². The first-order valence-corrected chi connectivity index (χ1v) is 9.87. The number of carbonyl (C=O) groups is 2. The van der Waals surface area contributed by atoms with Gasteiger partial charge in [0.15, 0.2) is 5.78 Å². The van der Waals surface area contributed by atoms with Gasteiger partial charge in [-0.05, 0) is 69.0 Å². The molecule has 0 aromatic heterocycles. The lowest BCUT2D eigenvalue weighted by atomic mass is 9.95. The van der Waals surface area contributed by atoms with Gasteiger partial charge in [0.2, 0.25) is 5.91 Å². The van der Waals surface area contributed by atoms with Gasteiger partial charge in [0.05, 0.1) is 5.92 Å². The second-order valence-corrected chi connectivity index (χ2v) is 8.04. The van der Waals surface area contributed by atoms with E-state index in [2.05, 4.69) is 9.80 Å². The van der Waals surface area contributed by atoms with Crippen LogP contribution in [0.5, 0.6) is 0 Å². The zero-order chi connectivity index (χ0) is 17.4. The highest BCUT2D eigenvalue weighted by molar-refractivity contribution is 6.31. The number of halogens is 1. The molecule has 2 fully saturated rings. The average molecular weight is 361 g/mol. The minimum absolute atomic E-state index is 0.0677. The molecule has 0 bridgehead atoms. The van der Waals surface area contributed by atoms with Crippen LogP contribution in [0.2, 0.25) is 5.02 Å². The van der Waals surface area contributed by atoms with E-state index in [9.17, 15) is 9.59 Å². The van der Waals surface area contributed by atoms with Crippen LogP contribution in [0.1, 0.15) is 60.4 Å². The molecule has 4 rings (SSSR count). The predicted octanol–water partition coefficient (Wildman–Crippen LogP) is 3.49. The molecule has 3 aliphatic rings. The number of rotatable bonds is 3. The minimum Gasteiger partial charge on any atom is -0.338 e. The molecule has 1 aromatic carbocycles. The van der Waals surface area contributed by atoms with E-state index in [0.717, 1.165) is 44.6 Å². The highest BCUT2D eigenvalue weighted by atomic mass is 35.5. The summed E-state index contributed by atoms with van der Waals surface area (Å²) in [6.07, 6.45) is 6.15. The number of likely N-dealkylation sites (tertiary alicyclic amines) is 2. The Kier molecular flexibility index (Phi) is 4.83. The Morgan fingerprint density at radius 1 is 1.12 bits per heavy atom. The summed E-state index contributed by atoms with van der Waals surface area (Å²) in [5.74, 6) is -0.156. The van der Waals surface area contributed by atoms with Gasteiger partial charge in [0.25, 0.3) is 0 Å². The highest BCUT2D eigenvalue weighted by Gasteiger charge is 2.39. The smallest absolute Gasteiger partial charge is 0.230 e.